The molecule has 128 valence electrons. The predicted octanol–water partition coefficient (Wildman–Crippen LogP) is 2.13. The van der Waals surface area contributed by atoms with Gasteiger partial charge >= 0.3 is 17.6 Å². The smallest absolute Gasteiger partial charge is 0.350 e. The van der Waals surface area contributed by atoms with E-state index in [1.165, 1.54) is 32.0 Å². The lowest BCUT2D eigenvalue weighted by Crippen LogP contribution is -2.42. The van der Waals surface area contributed by atoms with Gasteiger partial charge in [0.15, 0.2) is 11.3 Å². The van der Waals surface area contributed by atoms with Crippen LogP contribution in [0.3, 0.4) is 0 Å². The monoisotopic (exact) mass is 336 g/mol. The molecule has 1 saturated heterocycles. The molecule has 1 aliphatic heterocycles. The average molecular weight is 336 g/mol. The summed E-state index contributed by atoms with van der Waals surface area (Å²) in [6.07, 6.45) is 1.08. The fourth-order valence-corrected chi connectivity index (χ4v) is 1.96. The summed E-state index contributed by atoms with van der Waals surface area (Å²) in [5.74, 6) is -2.89. The highest BCUT2D eigenvalue weighted by molar-refractivity contribution is 6.15. The minimum Gasteiger partial charge on any atom is -0.487 e. The van der Waals surface area contributed by atoms with Crippen LogP contribution in [-0.2, 0) is 19.1 Å². The minimum absolute atomic E-state index is 0.124. The largest absolute Gasteiger partial charge is 0.487 e. The third-order valence-electron chi connectivity index (χ3n) is 2.96. The topological polar surface area (TPSA) is 117 Å². The quantitative estimate of drug-likeness (QED) is 0.286. The number of cyclic esters (lactones) is 2. The summed E-state index contributed by atoms with van der Waals surface area (Å²) in [5.41, 5.74) is -0.288. The molecule has 0 spiro atoms. The first-order valence-electron chi connectivity index (χ1n) is 7.08. The van der Waals surface area contributed by atoms with Crippen LogP contribution in [0.5, 0.6) is 5.75 Å². The number of nitro benzene ring substituents is 1. The molecule has 1 aromatic rings. The molecule has 24 heavy (non-hydrogen) atoms. The minimum atomic E-state index is -1.33. The van der Waals surface area contributed by atoms with Crippen molar-refractivity contribution in [3.63, 3.8) is 0 Å². The number of rotatable bonds is 5. The van der Waals surface area contributed by atoms with E-state index in [4.69, 9.17) is 14.2 Å². The number of carbonyl (C=O) groups is 2. The maximum Gasteiger partial charge on any atom is 0.350 e. The number of anilines is 1. The highest BCUT2D eigenvalue weighted by Gasteiger charge is 2.38. The molecule has 0 amide bonds. The highest BCUT2D eigenvalue weighted by atomic mass is 16.7. The van der Waals surface area contributed by atoms with Crippen molar-refractivity contribution < 1.29 is 28.7 Å². The number of carbonyl (C=O) groups excluding carboxylic acids is 2. The van der Waals surface area contributed by atoms with Crippen LogP contribution in [0.2, 0.25) is 0 Å². The molecule has 1 aliphatic rings. The van der Waals surface area contributed by atoms with Gasteiger partial charge in [0, 0.05) is 31.8 Å². The standard InChI is InChI=1S/C15H16N2O7/c1-4-22-12-6-5-9(7-11(12)17(20)21)16-8-10-13(18)23-15(2,3)24-14(10)19/h5-8,16H,4H2,1-3H3. The van der Waals surface area contributed by atoms with E-state index < -0.39 is 22.6 Å². The number of nitro groups is 1. The summed E-state index contributed by atoms with van der Waals surface area (Å²) >= 11 is 0. The van der Waals surface area contributed by atoms with Crippen LogP contribution in [0.15, 0.2) is 30.0 Å². The fourth-order valence-electron chi connectivity index (χ4n) is 1.96. The van der Waals surface area contributed by atoms with Crippen molar-refractivity contribution in [2.24, 2.45) is 0 Å². The summed E-state index contributed by atoms with van der Waals surface area (Å²) in [6, 6.07) is 4.16. The molecule has 0 saturated carbocycles. The summed E-state index contributed by atoms with van der Waals surface area (Å²) in [6.45, 7) is 4.86. The summed E-state index contributed by atoms with van der Waals surface area (Å²) < 4.78 is 15.1. The van der Waals surface area contributed by atoms with Crippen LogP contribution in [0.1, 0.15) is 20.8 Å². The zero-order chi connectivity index (χ0) is 17.9. The lowest BCUT2D eigenvalue weighted by Gasteiger charge is -2.29. The molecule has 0 unspecified atom stereocenters. The Balaban J connectivity index is 2.22. The molecule has 0 radical (unpaired) electrons. The zero-order valence-corrected chi connectivity index (χ0v) is 13.3. The second kappa shape index (κ2) is 6.57. The lowest BCUT2D eigenvalue weighted by molar-refractivity contribution is -0.385. The van der Waals surface area contributed by atoms with E-state index >= 15 is 0 Å². The SMILES string of the molecule is CCOc1ccc(NC=C2C(=O)OC(C)(C)OC2=O)cc1[N+](=O)[O-]. The van der Waals surface area contributed by atoms with Crippen molar-refractivity contribution in [2.45, 2.75) is 26.6 Å². The van der Waals surface area contributed by atoms with Gasteiger partial charge in [0.2, 0.25) is 0 Å². The zero-order valence-electron chi connectivity index (χ0n) is 13.3. The van der Waals surface area contributed by atoms with Crippen LogP contribution >= 0.6 is 0 Å². The molecular formula is C15H16N2O7. The third kappa shape index (κ3) is 3.80. The van der Waals surface area contributed by atoms with Crippen LogP contribution in [0, 0.1) is 10.1 Å². The molecule has 1 N–H and O–H groups in total. The van der Waals surface area contributed by atoms with Crippen molar-refractivity contribution in [1.29, 1.82) is 0 Å². The number of hydrogen-bond acceptors (Lipinski definition) is 8. The van der Waals surface area contributed by atoms with Gasteiger partial charge in [-0.1, -0.05) is 0 Å². The van der Waals surface area contributed by atoms with Gasteiger partial charge in [0.25, 0.3) is 5.79 Å². The van der Waals surface area contributed by atoms with E-state index in [1.54, 1.807) is 6.92 Å². The summed E-state index contributed by atoms with van der Waals surface area (Å²) in [7, 11) is 0. The summed E-state index contributed by atoms with van der Waals surface area (Å²) in [5, 5.41) is 13.7. The van der Waals surface area contributed by atoms with Gasteiger partial charge in [-0.25, -0.2) is 9.59 Å². The summed E-state index contributed by atoms with van der Waals surface area (Å²) in [4.78, 5) is 34.1. The van der Waals surface area contributed by atoms with Gasteiger partial charge in [-0.2, -0.15) is 0 Å². The second-order valence-electron chi connectivity index (χ2n) is 5.25. The third-order valence-corrected chi connectivity index (χ3v) is 2.96. The molecule has 1 heterocycles. The van der Waals surface area contributed by atoms with Gasteiger partial charge in [0.05, 0.1) is 11.5 Å². The second-order valence-corrected chi connectivity index (χ2v) is 5.25. The molecule has 0 bridgehead atoms. The Kier molecular flexibility index (Phi) is 4.72. The number of benzene rings is 1. The van der Waals surface area contributed by atoms with E-state index in [0.29, 0.717) is 5.69 Å². The number of nitrogens with one attached hydrogen (secondary N) is 1. The van der Waals surface area contributed by atoms with Crippen molar-refractivity contribution in [3.05, 3.63) is 40.1 Å². The Labute approximate surface area is 137 Å². The van der Waals surface area contributed by atoms with Crippen LogP contribution in [0.25, 0.3) is 0 Å². The van der Waals surface area contributed by atoms with E-state index in [2.05, 4.69) is 5.32 Å². The molecule has 0 atom stereocenters. The Morgan fingerprint density at radius 3 is 2.46 bits per heavy atom. The molecule has 9 heteroatoms. The normalized spacial score (nSPS) is 16.0. The van der Waals surface area contributed by atoms with E-state index in [0.717, 1.165) is 6.20 Å². The molecule has 0 aliphatic carbocycles. The highest BCUT2D eigenvalue weighted by Crippen LogP contribution is 2.30. The Bertz CT molecular complexity index is 703. The van der Waals surface area contributed by atoms with Crippen molar-refractivity contribution in [2.75, 3.05) is 11.9 Å². The molecule has 0 aromatic heterocycles. The van der Waals surface area contributed by atoms with Crippen LogP contribution in [0.4, 0.5) is 11.4 Å². The van der Waals surface area contributed by atoms with E-state index in [1.807, 2.05) is 0 Å². The van der Waals surface area contributed by atoms with Gasteiger partial charge in [-0.05, 0) is 19.1 Å². The first kappa shape index (κ1) is 17.3. The maximum atomic E-state index is 11.8. The number of nitrogens with zero attached hydrogens (tertiary/aromatic N) is 1. The van der Waals surface area contributed by atoms with E-state index in [9.17, 15) is 19.7 Å². The lowest BCUT2D eigenvalue weighted by atomic mass is 10.2. The van der Waals surface area contributed by atoms with E-state index in [-0.39, 0.29) is 23.6 Å². The first-order chi connectivity index (χ1) is 11.2. The van der Waals surface area contributed by atoms with Crippen LogP contribution < -0.4 is 10.1 Å². The number of ether oxygens (including phenoxy) is 3. The first-order valence-corrected chi connectivity index (χ1v) is 7.08. The Morgan fingerprint density at radius 2 is 1.92 bits per heavy atom. The molecule has 2 rings (SSSR count). The molecule has 1 fully saturated rings. The predicted molar refractivity (Wildman–Crippen MR) is 82.2 cm³/mol. The average Bonchev–Trinajstić information content (AvgIpc) is 2.46. The van der Waals surface area contributed by atoms with Crippen molar-refractivity contribution in [3.8, 4) is 5.75 Å². The van der Waals surface area contributed by atoms with Gasteiger partial charge < -0.3 is 19.5 Å². The maximum absolute atomic E-state index is 11.8. The number of esters is 2. The van der Waals surface area contributed by atoms with Gasteiger partial charge in [-0.3, -0.25) is 10.1 Å². The molecule has 9 nitrogen and oxygen atoms in total. The van der Waals surface area contributed by atoms with Gasteiger partial charge in [0.1, 0.15) is 0 Å². The van der Waals surface area contributed by atoms with Crippen LogP contribution in [-0.4, -0.2) is 29.3 Å². The molecule has 1 aromatic carbocycles. The van der Waals surface area contributed by atoms with Crippen molar-refractivity contribution >= 4 is 23.3 Å². The molecular weight excluding hydrogens is 320 g/mol. The Hall–Kier alpha value is -3.10. The van der Waals surface area contributed by atoms with Crippen molar-refractivity contribution in [1.82, 2.24) is 0 Å². The number of hydrogen-bond donors (Lipinski definition) is 1. The Morgan fingerprint density at radius 1 is 1.29 bits per heavy atom. The fraction of sp³-hybridized carbons (Fsp3) is 0.333. The van der Waals surface area contributed by atoms with Gasteiger partial charge in [-0.15, -0.1) is 0 Å².